The summed E-state index contributed by atoms with van der Waals surface area (Å²) in [6.45, 7) is 0. The Kier molecular flexibility index (Phi) is 3.49. The van der Waals surface area contributed by atoms with Crippen molar-refractivity contribution in [1.82, 2.24) is 0 Å². The molecule has 0 aliphatic carbocycles. The summed E-state index contributed by atoms with van der Waals surface area (Å²) < 4.78 is 22.2. The van der Waals surface area contributed by atoms with E-state index in [1.165, 1.54) is 30.0 Å². The van der Waals surface area contributed by atoms with E-state index in [1.807, 2.05) is 0 Å². The highest BCUT2D eigenvalue weighted by atomic mass is 32.2. The topological polar surface area (TPSA) is 46.5 Å². The monoisotopic (exact) mass is 227 g/mol. The van der Waals surface area contributed by atoms with E-state index in [1.54, 1.807) is 12.1 Å². The standard InChI is InChI=1S/C9H9NO2S2/c1-14(11,12)9-4-2-8(3-5-9)10-6-7-13/h2-7H,1H3. The van der Waals surface area contributed by atoms with Crippen molar-refractivity contribution < 1.29 is 8.42 Å². The Labute approximate surface area is 88.4 Å². The van der Waals surface area contributed by atoms with Crippen LogP contribution in [-0.2, 0) is 9.84 Å². The maximum Gasteiger partial charge on any atom is 0.175 e. The predicted molar refractivity (Wildman–Crippen MR) is 61.4 cm³/mol. The van der Waals surface area contributed by atoms with E-state index in [9.17, 15) is 8.42 Å². The average Bonchev–Trinajstić information content (AvgIpc) is 2.14. The van der Waals surface area contributed by atoms with E-state index in [4.69, 9.17) is 0 Å². The smallest absolute Gasteiger partial charge is 0.175 e. The van der Waals surface area contributed by atoms with Gasteiger partial charge in [0, 0.05) is 17.8 Å². The molecule has 0 N–H and O–H groups in total. The molecular formula is C9H9NO2S2. The van der Waals surface area contributed by atoms with E-state index in [-0.39, 0.29) is 0 Å². The lowest BCUT2D eigenvalue weighted by Crippen LogP contribution is -1.95. The summed E-state index contributed by atoms with van der Waals surface area (Å²) in [6, 6.07) is 6.30. The SMILES string of the molecule is CS(=O)(=O)c1ccc(N=CC=S)cc1. The third-order valence-corrected chi connectivity index (χ3v) is 2.80. The van der Waals surface area contributed by atoms with Gasteiger partial charge in [0.2, 0.25) is 0 Å². The van der Waals surface area contributed by atoms with Gasteiger partial charge in [0.05, 0.1) is 10.6 Å². The second kappa shape index (κ2) is 4.43. The van der Waals surface area contributed by atoms with Crippen LogP contribution >= 0.6 is 12.2 Å². The van der Waals surface area contributed by atoms with Crippen molar-refractivity contribution in [2.75, 3.05) is 6.26 Å². The first-order valence-corrected chi connectivity index (χ1v) is 6.18. The van der Waals surface area contributed by atoms with Gasteiger partial charge in [-0.25, -0.2) is 8.42 Å². The summed E-state index contributed by atoms with van der Waals surface area (Å²) in [5.74, 6) is 0. The second-order valence-corrected chi connectivity index (χ2v) is 4.97. The van der Waals surface area contributed by atoms with Gasteiger partial charge in [-0.1, -0.05) is 12.2 Å². The van der Waals surface area contributed by atoms with Crippen LogP contribution in [0.1, 0.15) is 0 Å². The van der Waals surface area contributed by atoms with Crippen LogP contribution in [0.2, 0.25) is 0 Å². The van der Waals surface area contributed by atoms with Gasteiger partial charge >= 0.3 is 0 Å². The number of benzene rings is 1. The Morgan fingerprint density at radius 2 is 1.86 bits per heavy atom. The number of nitrogens with zero attached hydrogens (tertiary/aromatic N) is 1. The van der Waals surface area contributed by atoms with E-state index in [2.05, 4.69) is 17.2 Å². The fourth-order valence-electron chi connectivity index (χ4n) is 0.896. The molecule has 0 unspecified atom stereocenters. The lowest BCUT2D eigenvalue weighted by atomic mass is 10.3. The molecule has 1 aromatic carbocycles. The van der Waals surface area contributed by atoms with Crippen molar-refractivity contribution in [2.24, 2.45) is 4.99 Å². The predicted octanol–water partition coefficient (Wildman–Crippen LogP) is 1.79. The third kappa shape index (κ3) is 3.01. The second-order valence-electron chi connectivity index (χ2n) is 2.68. The number of hydrogen-bond acceptors (Lipinski definition) is 4. The molecule has 14 heavy (non-hydrogen) atoms. The first-order chi connectivity index (χ1) is 6.54. The van der Waals surface area contributed by atoms with E-state index in [0.29, 0.717) is 10.6 Å². The Bertz CT molecular complexity index is 446. The molecule has 0 aliphatic heterocycles. The van der Waals surface area contributed by atoms with Crippen molar-refractivity contribution in [3.05, 3.63) is 24.3 Å². The molecule has 1 rings (SSSR count). The molecule has 74 valence electrons. The lowest BCUT2D eigenvalue weighted by molar-refractivity contribution is 0.602. The molecule has 0 fully saturated rings. The van der Waals surface area contributed by atoms with Crippen LogP contribution in [0.5, 0.6) is 0 Å². The first kappa shape index (κ1) is 11.0. The zero-order valence-corrected chi connectivity index (χ0v) is 9.18. The fraction of sp³-hybridized carbons (Fsp3) is 0.111. The number of rotatable bonds is 3. The average molecular weight is 227 g/mol. The van der Waals surface area contributed by atoms with Gasteiger partial charge in [-0.15, -0.1) is 0 Å². The quantitative estimate of drug-likeness (QED) is 0.584. The molecule has 0 saturated heterocycles. The lowest BCUT2D eigenvalue weighted by Gasteiger charge is -1.97. The van der Waals surface area contributed by atoms with Crippen LogP contribution in [0.4, 0.5) is 5.69 Å². The van der Waals surface area contributed by atoms with Gasteiger partial charge in [0.15, 0.2) is 9.84 Å². The van der Waals surface area contributed by atoms with Crippen molar-refractivity contribution in [3.8, 4) is 0 Å². The maximum absolute atomic E-state index is 11.1. The van der Waals surface area contributed by atoms with Crippen LogP contribution in [0.25, 0.3) is 0 Å². The minimum absolute atomic E-state index is 0.291. The molecule has 5 heteroatoms. The van der Waals surface area contributed by atoms with Crippen molar-refractivity contribution in [2.45, 2.75) is 4.90 Å². The van der Waals surface area contributed by atoms with Gasteiger partial charge < -0.3 is 0 Å². The normalized spacial score (nSPS) is 11.8. The number of sulfone groups is 1. The Balaban J connectivity index is 3.01. The molecule has 3 nitrogen and oxygen atoms in total. The number of hydrogen-bond donors (Lipinski definition) is 0. The molecule has 0 bridgehead atoms. The minimum atomic E-state index is -3.12. The molecule has 0 heterocycles. The molecule has 1 aromatic rings. The van der Waals surface area contributed by atoms with Gasteiger partial charge in [0.25, 0.3) is 0 Å². The fourth-order valence-corrected chi connectivity index (χ4v) is 1.59. The van der Waals surface area contributed by atoms with E-state index < -0.39 is 9.84 Å². The summed E-state index contributed by atoms with van der Waals surface area (Å²) in [5.41, 5.74) is 0.679. The molecular weight excluding hydrogens is 218 g/mol. The Hall–Kier alpha value is -1.07. The van der Waals surface area contributed by atoms with Gasteiger partial charge in [-0.3, -0.25) is 4.99 Å². The summed E-state index contributed by atoms with van der Waals surface area (Å²) in [7, 11) is -3.12. The number of aliphatic imine (C=N–C) groups is 1. The van der Waals surface area contributed by atoms with Gasteiger partial charge in [-0.05, 0) is 24.3 Å². The van der Waals surface area contributed by atoms with E-state index in [0.717, 1.165) is 0 Å². The highest BCUT2D eigenvalue weighted by Gasteiger charge is 2.04. The minimum Gasteiger partial charge on any atom is -0.256 e. The zero-order valence-electron chi connectivity index (χ0n) is 7.54. The number of thiocarbonyl (C=S) groups is 1. The zero-order chi connectivity index (χ0) is 10.6. The van der Waals surface area contributed by atoms with E-state index >= 15 is 0 Å². The van der Waals surface area contributed by atoms with Crippen molar-refractivity contribution in [1.29, 1.82) is 0 Å². The first-order valence-electron chi connectivity index (χ1n) is 3.82. The van der Waals surface area contributed by atoms with Gasteiger partial charge in [-0.2, -0.15) is 0 Å². The molecule has 0 spiro atoms. The largest absolute Gasteiger partial charge is 0.256 e. The van der Waals surface area contributed by atoms with Crippen LogP contribution in [0.3, 0.4) is 0 Å². The maximum atomic E-state index is 11.1. The summed E-state index contributed by atoms with van der Waals surface area (Å²) in [6.07, 6.45) is 2.65. The summed E-state index contributed by atoms with van der Waals surface area (Å²) in [5, 5.41) is 1.39. The van der Waals surface area contributed by atoms with Crippen LogP contribution in [0.15, 0.2) is 34.2 Å². The summed E-state index contributed by atoms with van der Waals surface area (Å²) >= 11 is 4.57. The molecule has 0 atom stereocenters. The highest BCUT2D eigenvalue weighted by Crippen LogP contribution is 2.15. The van der Waals surface area contributed by atoms with Crippen LogP contribution < -0.4 is 0 Å². The molecule has 0 aliphatic rings. The van der Waals surface area contributed by atoms with Crippen LogP contribution in [0, 0.1) is 0 Å². The Morgan fingerprint density at radius 1 is 1.29 bits per heavy atom. The van der Waals surface area contributed by atoms with Crippen molar-refractivity contribution >= 4 is 39.3 Å². The molecule has 0 amide bonds. The third-order valence-electron chi connectivity index (χ3n) is 1.55. The Morgan fingerprint density at radius 3 is 2.29 bits per heavy atom. The molecule has 0 radical (unpaired) electrons. The van der Waals surface area contributed by atoms with Crippen molar-refractivity contribution in [3.63, 3.8) is 0 Å². The summed E-state index contributed by atoms with van der Waals surface area (Å²) in [4.78, 5) is 4.26. The highest BCUT2D eigenvalue weighted by molar-refractivity contribution is 7.90. The van der Waals surface area contributed by atoms with Gasteiger partial charge in [0.1, 0.15) is 0 Å². The molecule has 0 aromatic heterocycles. The van der Waals surface area contributed by atoms with Crippen LogP contribution in [-0.4, -0.2) is 26.3 Å². The molecule has 0 saturated carbocycles.